The van der Waals surface area contributed by atoms with Crippen LogP contribution in [0.2, 0.25) is 5.02 Å². The van der Waals surface area contributed by atoms with E-state index in [1.165, 1.54) is 0 Å². The van der Waals surface area contributed by atoms with Crippen LogP contribution in [0.15, 0.2) is 72.8 Å². The number of aryl methyl sites for hydroxylation is 2. The van der Waals surface area contributed by atoms with Gasteiger partial charge in [-0.3, -0.25) is 9.59 Å². The predicted octanol–water partition coefficient (Wildman–Crippen LogP) is 5.46. The third kappa shape index (κ3) is 5.46. The number of halogens is 1. The van der Waals surface area contributed by atoms with Gasteiger partial charge in [-0.05, 0) is 54.8 Å². The predicted molar refractivity (Wildman–Crippen MR) is 117 cm³/mol. The van der Waals surface area contributed by atoms with Gasteiger partial charge in [-0.1, -0.05) is 60.1 Å². The minimum atomic E-state index is -0.480. The molecule has 3 aromatic carbocycles. The van der Waals surface area contributed by atoms with Crippen LogP contribution in [-0.2, 0) is 4.79 Å². The lowest BCUT2D eigenvalue weighted by atomic mass is 10.0. The van der Waals surface area contributed by atoms with Crippen LogP contribution in [0, 0.1) is 13.8 Å². The van der Waals surface area contributed by atoms with Crippen molar-refractivity contribution in [3.8, 4) is 0 Å². The number of carbonyl (C=O) groups is 2. The SMILES string of the molecule is Cc1ccc(NC(=O)C[C@@H](NC(=O)c2ccccc2Cl)c2ccccc2)cc1C. The number of hydrogen-bond donors (Lipinski definition) is 2. The maximum absolute atomic E-state index is 12.7. The molecule has 0 bridgehead atoms. The summed E-state index contributed by atoms with van der Waals surface area (Å²) in [5, 5.41) is 6.23. The Labute approximate surface area is 175 Å². The van der Waals surface area contributed by atoms with E-state index >= 15 is 0 Å². The second-order valence-electron chi connectivity index (χ2n) is 6.97. The van der Waals surface area contributed by atoms with Crippen molar-refractivity contribution >= 4 is 29.1 Å². The van der Waals surface area contributed by atoms with Gasteiger partial charge in [0.05, 0.1) is 23.0 Å². The number of carbonyl (C=O) groups excluding carboxylic acids is 2. The van der Waals surface area contributed by atoms with Crippen LogP contribution in [0.3, 0.4) is 0 Å². The van der Waals surface area contributed by atoms with Gasteiger partial charge in [-0.2, -0.15) is 0 Å². The number of amides is 2. The molecule has 0 radical (unpaired) electrons. The van der Waals surface area contributed by atoms with Gasteiger partial charge < -0.3 is 10.6 Å². The fourth-order valence-electron chi connectivity index (χ4n) is 3.04. The Balaban J connectivity index is 1.77. The monoisotopic (exact) mass is 406 g/mol. The number of nitrogens with one attached hydrogen (secondary N) is 2. The standard InChI is InChI=1S/C24H23ClN2O2/c1-16-12-13-19(14-17(16)2)26-23(28)15-22(18-8-4-3-5-9-18)27-24(29)20-10-6-7-11-21(20)25/h3-14,22H,15H2,1-2H3,(H,26,28)(H,27,29)/t22-/m1/s1. The Bertz CT molecular complexity index is 1020. The molecule has 148 valence electrons. The van der Waals surface area contributed by atoms with Gasteiger partial charge in [0.1, 0.15) is 0 Å². The fourth-order valence-corrected chi connectivity index (χ4v) is 3.26. The lowest BCUT2D eigenvalue weighted by molar-refractivity contribution is -0.116. The quantitative estimate of drug-likeness (QED) is 0.571. The molecule has 0 aromatic heterocycles. The molecule has 0 unspecified atom stereocenters. The topological polar surface area (TPSA) is 58.2 Å². The minimum absolute atomic E-state index is 0.104. The van der Waals surface area contributed by atoms with Gasteiger partial charge >= 0.3 is 0 Å². The van der Waals surface area contributed by atoms with Crippen molar-refractivity contribution < 1.29 is 9.59 Å². The highest BCUT2D eigenvalue weighted by atomic mass is 35.5. The Morgan fingerprint density at radius 1 is 0.897 bits per heavy atom. The van der Waals surface area contributed by atoms with E-state index in [1.807, 2.05) is 62.4 Å². The van der Waals surface area contributed by atoms with Crippen LogP contribution >= 0.6 is 11.6 Å². The minimum Gasteiger partial charge on any atom is -0.345 e. The summed E-state index contributed by atoms with van der Waals surface area (Å²) in [4.78, 5) is 25.4. The molecule has 2 N–H and O–H groups in total. The van der Waals surface area contributed by atoms with E-state index in [-0.39, 0.29) is 18.2 Å². The van der Waals surface area contributed by atoms with Gasteiger partial charge in [-0.25, -0.2) is 0 Å². The first-order chi connectivity index (χ1) is 13.9. The van der Waals surface area contributed by atoms with E-state index in [1.54, 1.807) is 24.3 Å². The second kappa shape index (κ2) is 9.39. The molecule has 1 atom stereocenters. The molecule has 0 aliphatic carbocycles. The van der Waals surface area contributed by atoms with Gasteiger partial charge in [0, 0.05) is 5.69 Å². The van der Waals surface area contributed by atoms with Crippen molar-refractivity contribution in [3.05, 3.63) is 100 Å². The number of rotatable bonds is 6. The van der Waals surface area contributed by atoms with E-state index in [0.717, 1.165) is 22.4 Å². The van der Waals surface area contributed by atoms with Crippen molar-refractivity contribution in [1.29, 1.82) is 0 Å². The van der Waals surface area contributed by atoms with E-state index in [4.69, 9.17) is 11.6 Å². The Hall–Kier alpha value is -3.11. The summed E-state index contributed by atoms with van der Waals surface area (Å²) in [6.07, 6.45) is 0.104. The van der Waals surface area contributed by atoms with Crippen molar-refractivity contribution in [1.82, 2.24) is 5.32 Å². The molecule has 0 heterocycles. The van der Waals surface area contributed by atoms with Gasteiger partial charge in [0.15, 0.2) is 0 Å². The zero-order valence-corrected chi connectivity index (χ0v) is 17.2. The van der Waals surface area contributed by atoms with Gasteiger partial charge in [0.25, 0.3) is 5.91 Å². The van der Waals surface area contributed by atoms with Crippen LogP contribution in [0.4, 0.5) is 5.69 Å². The van der Waals surface area contributed by atoms with Crippen molar-refractivity contribution in [3.63, 3.8) is 0 Å². The average molecular weight is 407 g/mol. The van der Waals surface area contributed by atoms with Crippen LogP contribution < -0.4 is 10.6 Å². The van der Waals surface area contributed by atoms with Gasteiger partial charge in [0.2, 0.25) is 5.91 Å². The van der Waals surface area contributed by atoms with E-state index in [0.29, 0.717) is 10.6 Å². The lowest BCUT2D eigenvalue weighted by Crippen LogP contribution is -2.31. The third-order valence-corrected chi connectivity index (χ3v) is 5.14. The third-order valence-electron chi connectivity index (χ3n) is 4.81. The van der Waals surface area contributed by atoms with Crippen LogP contribution in [0.5, 0.6) is 0 Å². The lowest BCUT2D eigenvalue weighted by Gasteiger charge is -2.19. The molecular formula is C24H23ClN2O2. The number of benzene rings is 3. The summed E-state index contributed by atoms with van der Waals surface area (Å²) >= 11 is 6.15. The number of anilines is 1. The smallest absolute Gasteiger partial charge is 0.253 e. The molecule has 4 nitrogen and oxygen atoms in total. The van der Waals surface area contributed by atoms with E-state index in [9.17, 15) is 9.59 Å². The molecule has 0 saturated heterocycles. The highest BCUT2D eigenvalue weighted by Gasteiger charge is 2.20. The normalized spacial score (nSPS) is 11.6. The van der Waals surface area contributed by atoms with Gasteiger partial charge in [-0.15, -0.1) is 0 Å². The van der Waals surface area contributed by atoms with Crippen LogP contribution in [0.25, 0.3) is 0 Å². The van der Waals surface area contributed by atoms with Crippen molar-refractivity contribution in [2.45, 2.75) is 26.3 Å². The molecular weight excluding hydrogens is 384 g/mol. The highest BCUT2D eigenvalue weighted by molar-refractivity contribution is 6.33. The summed E-state index contributed by atoms with van der Waals surface area (Å²) < 4.78 is 0. The van der Waals surface area contributed by atoms with Crippen molar-refractivity contribution in [2.24, 2.45) is 0 Å². The Morgan fingerprint density at radius 2 is 1.59 bits per heavy atom. The maximum atomic E-state index is 12.7. The summed E-state index contributed by atoms with van der Waals surface area (Å²) in [6.45, 7) is 4.03. The molecule has 3 rings (SSSR count). The molecule has 0 aliphatic heterocycles. The fraction of sp³-hybridized carbons (Fsp3) is 0.167. The number of hydrogen-bond acceptors (Lipinski definition) is 2. The summed E-state index contributed by atoms with van der Waals surface area (Å²) in [6, 6.07) is 21.6. The average Bonchev–Trinajstić information content (AvgIpc) is 2.71. The first kappa shape index (κ1) is 20.6. The zero-order valence-electron chi connectivity index (χ0n) is 16.4. The molecule has 29 heavy (non-hydrogen) atoms. The van der Waals surface area contributed by atoms with Crippen molar-refractivity contribution in [2.75, 3.05) is 5.32 Å². The Morgan fingerprint density at radius 3 is 2.28 bits per heavy atom. The zero-order chi connectivity index (χ0) is 20.8. The molecule has 2 amide bonds. The molecule has 0 spiro atoms. The Kier molecular flexibility index (Phi) is 6.68. The van der Waals surface area contributed by atoms with E-state index in [2.05, 4.69) is 10.6 Å². The highest BCUT2D eigenvalue weighted by Crippen LogP contribution is 2.21. The van der Waals surface area contributed by atoms with E-state index < -0.39 is 6.04 Å². The molecule has 5 heteroatoms. The molecule has 0 aliphatic rings. The van der Waals surface area contributed by atoms with Crippen LogP contribution in [0.1, 0.15) is 39.5 Å². The molecule has 0 saturated carbocycles. The molecule has 3 aromatic rings. The molecule has 0 fully saturated rings. The second-order valence-corrected chi connectivity index (χ2v) is 7.38. The summed E-state index contributed by atoms with van der Waals surface area (Å²) in [5.74, 6) is -0.495. The maximum Gasteiger partial charge on any atom is 0.253 e. The first-order valence-electron chi connectivity index (χ1n) is 9.41. The van der Waals surface area contributed by atoms with Crippen LogP contribution in [-0.4, -0.2) is 11.8 Å². The first-order valence-corrected chi connectivity index (χ1v) is 9.79. The summed E-state index contributed by atoms with van der Waals surface area (Å²) in [7, 11) is 0. The summed E-state index contributed by atoms with van der Waals surface area (Å²) in [5.41, 5.74) is 4.24. The largest absolute Gasteiger partial charge is 0.345 e.